The van der Waals surface area contributed by atoms with Crippen LogP contribution in [0.4, 0.5) is 0 Å². The number of hydrogen-bond donors (Lipinski definition) is 0. The molecular formula is C22H30O4. The molecule has 8 atom stereocenters. The Hall–Kier alpha value is -1.32. The predicted molar refractivity (Wildman–Crippen MR) is 95.9 cm³/mol. The number of carbonyl (C=O) groups excluding carboxylic acids is 2. The molecule has 8 unspecified atom stereocenters. The van der Waals surface area contributed by atoms with Crippen LogP contribution in [0.25, 0.3) is 0 Å². The molecule has 4 nitrogen and oxygen atoms in total. The van der Waals surface area contributed by atoms with E-state index in [1.54, 1.807) is 0 Å². The molecule has 4 fully saturated rings. The van der Waals surface area contributed by atoms with Crippen LogP contribution in [0.5, 0.6) is 0 Å². The quantitative estimate of drug-likeness (QED) is 0.427. The van der Waals surface area contributed by atoms with Gasteiger partial charge in [0.1, 0.15) is 12.7 Å². The molecule has 4 heteroatoms. The van der Waals surface area contributed by atoms with Gasteiger partial charge in [0.25, 0.3) is 0 Å². The fourth-order valence-corrected chi connectivity index (χ4v) is 7.44. The second-order valence-corrected chi connectivity index (χ2v) is 9.46. The van der Waals surface area contributed by atoms with Crippen LogP contribution >= 0.6 is 0 Å². The molecule has 1 heterocycles. The van der Waals surface area contributed by atoms with Gasteiger partial charge in [-0.05, 0) is 67.6 Å². The fraction of sp³-hybridized carbons (Fsp3) is 0.818. The minimum atomic E-state index is -0.272. The standard InChI is InChI=1S/C22H30O4/c1-3-22(4-2)10-18(23)26-17(22)11-25-21(24)16-9-14-8-15(16)20-13-6-5-12(7-13)19(14)20/h5-6,12-17,19-20H,3-4,7-11H2,1-2H3. The fourth-order valence-electron chi connectivity index (χ4n) is 7.44. The van der Waals surface area contributed by atoms with E-state index in [1.165, 1.54) is 12.8 Å². The van der Waals surface area contributed by atoms with Crippen LogP contribution in [-0.4, -0.2) is 24.6 Å². The monoisotopic (exact) mass is 358 g/mol. The van der Waals surface area contributed by atoms with Crippen molar-refractivity contribution in [3.63, 3.8) is 0 Å². The minimum absolute atomic E-state index is 0.0354. The Labute approximate surface area is 155 Å². The van der Waals surface area contributed by atoms with E-state index < -0.39 is 0 Å². The minimum Gasteiger partial charge on any atom is -0.461 e. The van der Waals surface area contributed by atoms with Crippen LogP contribution in [-0.2, 0) is 19.1 Å². The number of cyclic esters (lactones) is 1. The van der Waals surface area contributed by atoms with Crippen LogP contribution in [0, 0.1) is 46.8 Å². The normalized spacial score (nSPS) is 46.6. The highest BCUT2D eigenvalue weighted by Gasteiger charge is 2.62. The molecule has 0 aromatic heterocycles. The summed E-state index contributed by atoms with van der Waals surface area (Å²) in [6.07, 6.45) is 10.3. The van der Waals surface area contributed by atoms with Gasteiger partial charge in [0, 0.05) is 5.41 Å². The Kier molecular flexibility index (Phi) is 3.78. The first-order valence-corrected chi connectivity index (χ1v) is 10.6. The summed E-state index contributed by atoms with van der Waals surface area (Å²) in [7, 11) is 0. The van der Waals surface area contributed by atoms with Gasteiger partial charge in [-0.1, -0.05) is 26.0 Å². The lowest BCUT2D eigenvalue weighted by molar-refractivity contribution is -0.160. The van der Waals surface area contributed by atoms with Crippen molar-refractivity contribution in [1.29, 1.82) is 0 Å². The summed E-state index contributed by atoms with van der Waals surface area (Å²) < 4.78 is 11.3. The van der Waals surface area contributed by atoms with Gasteiger partial charge in [0.05, 0.1) is 12.3 Å². The molecule has 5 rings (SSSR count). The molecule has 0 N–H and O–H groups in total. The average molecular weight is 358 g/mol. The second kappa shape index (κ2) is 5.84. The number of ether oxygens (including phenoxy) is 2. The Balaban J connectivity index is 1.24. The van der Waals surface area contributed by atoms with E-state index >= 15 is 0 Å². The largest absolute Gasteiger partial charge is 0.461 e. The van der Waals surface area contributed by atoms with E-state index in [1.807, 2.05) is 0 Å². The third-order valence-corrected chi connectivity index (χ3v) is 8.81. The van der Waals surface area contributed by atoms with E-state index in [9.17, 15) is 9.59 Å². The first kappa shape index (κ1) is 16.8. The van der Waals surface area contributed by atoms with Gasteiger partial charge in [-0.2, -0.15) is 0 Å². The number of esters is 2. The molecule has 3 saturated carbocycles. The van der Waals surface area contributed by atoms with Crippen molar-refractivity contribution in [1.82, 2.24) is 0 Å². The summed E-state index contributed by atoms with van der Waals surface area (Å²) in [5.41, 5.74) is -0.160. The number of rotatable bonds is 5. The van der Waals surface area contributed by atoms with Gasteiger partial charge in [-0.3, -0.25) is 9.59 Å². The number of fused-ring (bicyclic) bond motifs is 9. The van der Waals surface area contributed by atoms with Crippen LogP contribution in [0.2, 0.25) is 0 Å². The Morgan fingerprint density at radius 2 is 1.88 bits per heavy atom. The Morgan fingerprint density at radius 3 is 2.62 bits per heavy atom. The smallest absolute Gasteiger partial charge is 0.309 e. The maximum Gasteiger partial charge on any atom is 0.309 e. The SMILES string of the molecule is CCC1(CC)CC(=O)OC1COC(=O)C1CC2CC1C1C3C=CC(C3)C21. The van der Waals surface area contributed by atoms with Crippen LogP contribution < -0.4 is 0 Å². The van der Waals surface area contributed by atoms with Gasteiger partial charge in [-0.25, -0.2) is 0 Å². The predicted octanol–water partition coefficient (Wildman–Crippen LogP) is 3.75. The van der Waals surface area contributed by atoms with Crippen molar-refractivity contribution in [2.45, 2.75) is 58.5 Å². The third kappa shape index (κ3) is 2.20. The zero-order chi connectivity index (χ0) is 18.1. The molecule has 4 bridgehead atoms. The van der Waals surface area contributed by atoms with Crippen molar-refractivity contribution in [3.8, 4) is 0 Å². The highest BCUT2D eigenvalue weighted by molar-refractivity contribution is 5.75. The maximum absolute atomic E-state index is 12.9. The molecule has 4 aliphatic carbocycles. The van der Waals surface area contributed by atoms with Crippen molar-refractivity contribution >= 4 is 11.9 Å². The van der Waals surface area contributed by atoms with Crippen LogP contribution in [0.15, 0.2) is 12.2 Å². The number of allylic oxidation sites excluding steroid dienone is 2. The van der Waals surface area contributed by atoms with Gasteiger partial charge < -0.3 is 9.47 Å². The molecule has 0 aromatic carbocycles. The number of hydrogen-bond acceptors (Lipinski definition) is 4. The zero-order valence-corrected chi connectivity index (χ0v) is 15.9. The highest BCUT2D eigenvalue weighted by atomic mass is 16.6. The van der Waals surface area contributed by atoms with Gasteiger partial charge in [-0.15, -0.1) is 0 Å². The topological polar surface area (TPSA) is 52.6 Å². The summed E-state index contributed by atoms with van der Waals surface area (Å²) in [6.45, 7) is 4.43. The van der Waals surface area contributed by atoms with Gasteiger partial charge in [0.15, 0.2) is 0 Å². The lowest BCUT2D eigenvalue weighted by Crippen LogP contribution is -2.38. The molecule has 142 valence electrons. The number of carbonyl (C=O) groups is 2. The first-order chi connectivity index (χ1) is 12.6. The summed E-state index contributed by atoms with van der Waals surface area (Å²) in [5.74, 6) is 4.17. The van der Waals surface area contributed by atoms with E-state index in [0.717, 1.165) is 42.9 Å². The summed E-state index contributed by atoms with van der Waals surface area (Å²) >= 11 is 0. The van der Waals surface area contributed by atoms with Crippen LogP contribution in [0.3, 0.4) is 0 Å². The van der Waals surface area contributed by atoms with E-state index in [2.05, 4.69) is 26.0 Å². The Bertz CT molecular complexity index is 649. The van der Waals surface area contributed by atoms with E-state index in [4.69, 9.17) is 9.47 Å². The summed E-state index contributed by atoms with van der Waals surface area (Å²) in [6, 6.07) is 0. The maximum atomic E-state index is 12.9. The molecule has 0 radical (unpaired) electrons. The van der Waals surface area contributed by atoms with E-state index in [-0.39, 0.29) is 36.0 Å². The second-order valence-electron chi connectivity index (χ2n) is 9.46. The molecule has 5 aliphatic rings. The van der Waals surface area contributed by atoms with E-state index in [0.29, 0.717) is 18.3 Å². The van der Waals surface area contributed by atoms with Crippen LogP contribution in [0.1, 0.15) is 52.4 Å². The molecule has 26 heavy (non-hydrogen) atoms. The molecule has 0 amide bonds. The first-order valence-electron chi connectivity index (χ1n) is 10.6. The van der Waals surface area contributed by atoms with Crippen molar-refractivity contribution in [3.05, 3.63) is 12.2 Å². The average Bonchev–Trinajstić information content (AvgIpc) is 3.43. The molecule has 0 spiro atoms. The lowest BCUT2D eigenvalue weighted by atomic mass is 9.69. The molecule has 0 aromatic rings. The lowest BCUT2D eigenvalue weighted by Gasteiger charge is -2.36. The van der Waals surface area contributed by atoms with Gasteiger partial charge in [0.2, 0.25) is 0 Å². The Morgan fingerprint density at radius 1 is 1.15 bits per heavy atom. The zero-order valence-electron chi connectivity index (χ0n) is 15.9. The van der Waals surface area contributed by atoms with Crippen molar-refractivity contribution in [2.75, 3.05) is 6.61 Å². The highest BCUT2D eigenvalue weighted by Crippen LogP contribution is 2.67. The summed E-state index contributed by atoms with van der Waals surface area (Å²) in [5, 5.41) is 0. The van der Waals surface area contributed by atoms with Gasteiger partial charge >= 0.3 is 11.9 Å². The molecule has 1 saturated heterocycles. The van der Waals surface area contributed by atoms with Crippen molar-refractivity contribution < 1.29 is 19.1 Å². The molecular weight excluding hydrogens is 328 g/mol. The van der Waals surface area contributed by atoms with Crippen molar-refractivity contribution in [2.24, 2.45) is 46.8 Å². The molecule has 1 aliphatic heterocycles. The summed E-state index contributed by atoms with van der Waals surface area (Å²) in [4.78, 5) is 24.7. The third-order valence-electron chi connectivity index (χ3n) is 8.81.